The maximum absolute atomic E-state index is 11.8. The standard InChI is InChI=1S/C12H23BrO2S/c1-10(2)16(14,15)9-8-11-6-4-3-5-7-12(11)13/h10-12H,3-9H2,1-2H3. The van der Waals surface area contributed by atoms with E-state index >= 15 is 0 Å². The third-order valence-corrected chi connectivity index (χ3v) is 7.00. The summed E-state index contributed by atoms with van der Waals surface area (Å²) in [6.07, 6.45) is 7.06. The first kappa shape index (κ1) is 14.5. The zero-order chi connectivity index (χ0) is 12.2. The number of halogens is 1. The molecule has 0 aromatic heterocycles. The molecule has 4 heteroatoms. The van der Waals surface area contributed by atoms with Crippen LogP contribution in [0.4, 0.5) is 0 Å². The van der Waals surface area contributed by atoms with Crippen LogP contribution in [-0.2, 0) is 9.84 Å². The molecule has 0 saturated heterocycles. The van der Waals surface area contributed by atoms with Gasteiger partial charge in [-0.3, -0.25) is 0 Å². The summed E-state index contributed by atoms with van der Waals surface area (Å²) in [6, 6.07) is 0. The van der Waals surface area contributed by atoms with Gasteiger partial charge >= 0.3 is 0 Å². The molecule has 0 aromatic rings. The predicted octanol–water partition coefficient (Wildman–Crippen LogP) is 3.54. The van der Waals surface area contributed by atoms with Gasteiger partial charge in [0.15, 0.2) is 9.84 Å². The summed E-state index contributed by atoms with van der Waals surface area (Å²) in [5.41, 5.74) is 0. The van der Waals surface area contributed by atoms with Crippen LogP contribution in [0.25, 0.3) is 0 Å². The van der Waals surface area contributed by atoms with E-state index < -0.39 is 9.84 Å². The minimum absolute atomic E-state index is 0.230. The number of hydrogen-bond acceptors (Lipinski definition) is 2. The highest BCUT2D eigenvalue weighted by molar-refractivity contribution is 9.09. The van der Waals surface area contributed by atoms with Crippen LogP contribution in [0, 0.1) is 5.92 Å². The minimum atomic E-state index is -2.85. The van der Waals surface area contributed by atoms with Gasteiger partial charge in [-0.2, -0.15) is 0 Å². The summed E-state index contributed by atoms with van der Waals surface area (Å²) in [4.78, 5) is 0.525. The second-order valence-electron chi connectivity index (χ2n) is 5.12. The van der Waals surface area contributed by atoms with E-state index in [9.17, 15) is 8.42 Å². The molecule has 0 aliphatic heterocycles. The average Bonchev–Trinajstić information content (AvgIpc) is 2.40. The van der Waals surface area contributed by atoms with E-state index in [2.05, 4.69) is 15.9 Å². The van der Waals surface area contributed by atoms with Crippen molar-refractivity contribution in [1.29, 1.82) is 0 Å². The molecule has 1 saturated carbocycles. The molecule has 1 aliphatic rings. The van der Waals surface area contributed by atoms with Crippen LogP contribution in [-0.4, -0.2) is 24.2 Å². The SMILES string of the molecule is CC(C)S(=O)(=O)CCC1CCCCCC1Br. The van der Waals surface area contributed by atoms with Crippen molar-refractivity contribution in [2.75, 3.05) is 5.75 Å². The monoisotopic (exact) mass is 310 g/mol. The van der Waals surface area contributed by atoms with E-state index in [1.54, 1.807) is 13.8 Å². The lowest BCUT2D eigenvalue weighted by Gasteiger charge is -2.20. The Morgan fingerprint density at radius 3 is 2.44 bits per heavy atom. The highest BCUT2D eigenvalue weighted by atomic mass is 79.9. The van der Waals surface area contributed by atoms with Crippen LogP contribution in [0.3, 0.4) is 0 Å². The van der Waals surface area contributed by atoms with Crippen molar-refractivity contribution >= 4 is 25.8 Å². The maximum Gasteiger partial charge on any atom is 0.152 e. The van der Waals surface area contributed by atoms with Gasteiger partial charge in [-0.1, -0.05) is 35.2 Å². The largest absolute Gasteiger partial charge is 0.229 e. The second-order valence-corrected chi connectivity index (χ2v) is 8.97. The number of sulfone groups is 1. The van der Waals surface area contributed by atoms with E-state index in [1.807, 2.05) is 0 Å². The van der Waals surface area contributed by atoms with Crippen molar-refractivity contribution in [2.45, 2.75) is 62.4 Å². The van der Waals surface area contributed by atoms with Crippen molar-refractivity contribution in [3.8, 4) is 0 Å². The van der Waals surface area contributed by atoms with Crippen LogP contribution < -0.4 is 0 Å². The Bertz CT molecular complexity index is 298. The summed E-state index contributed by atoms with van der Waals surface area (Å²) < 4.78 is 23.5. The Morgan fingerprint density at radius 1 is 1.19 bits per heavy atom. The Hall–Kier alpha value is 0.430. The third kappa shape index (κ3) is 4.36. The van der Waals surface area contributed by atoms with Crippen LogP contribution in [0.1, 0.15) is 52.4 Å². The van der Waals surface area contributed by atoms with Gasteiger partial charge in [0.1, 0.15) is 0 Å². The molecule has 96 valence electrons. The second kappa shape index (κ2) is 6.39. The van der Waals surface area contributed by atoms with E-state index in [0.29, 0.717) is 16.5 Å². The molecule has 0 heterocycles. The van der Waals surface area contributed by atoms with Gasteiger partial charge in [-0.25, -0.2) is 8.42 Å². The summed E-state index contributed by atoms with van der Waals surface area (Å²) in [5.74, 6) is 0.910. The molecule has 2 unspecified atom stereocenters. The Kier molecular flexibility index (Phi) is 5.78. The highest BCUT2D eigenvalue weighted by Gasteiger charge is 2.24. The Balaban J connectivity index is 2.47. The summed E-state index contributed by atoms with van der Waals surface area (Å²) in [5, 5.41) is -0.230. The zero-order valence-corrected chi connectivity index (χ0v) is 12.7. The number of rotatable bonds is 4. The lowest BCUT2D eigenvalue weighted by molar-refractivity contribution is 0.460. The topological polar surface area (TPSA) is 34.1 Å². The normalized spacial score (nSPS) is 28.0. The minimum Gasteiger partial charge on any atom is -0.229 e. The fraction of sp³-hybridized carbons (Fsp3) is 1.00. The molecule has 0 bridgehead atoms. The first-order valence-electron chi connectivity index (χ1n) is 6.29. The maximum atomic E-state index is 11.8. The molecule has 2 nitrogen and oxygen atoms in total. The highest BCUT2D eigenvalue weighted by Crippen LogP contribution is 2.31. The third-order valence-electron chi connectivity index (χ3n) is 3.56. The van der Waals surface area contributed by atoms with Crippen molar-refractivity contribution in [1.82, 2.24) is 0 Å². The van der Waals surface area contributed by atoms with Gasteiger partial charge in [-0.15, -0.1) is 0 Å². The fourth-order valence-electron chi connectivity index (χ4n) is 2.22. The number of alkyl halides is 1. The Labute approximate surface area is 108 Å². The van der Waals surface area contributed by atoms with Gasteiger partial charge in [0.2, 0.25) is 0 Å². The van der Waals surface area contributed by atoms with Gasteiger partial charge in [0, 0.05) is 4.83 Å². The van der Waals surface area contributed by atoms with Crippen LogP contribution in [0.5, 0.6) is 0 Å². The molecule has 0 amide bonds. The van der Waals surface area contributed by atoms with Crippen molar-refractivity contribution in [3.63, 3.8) is 0 Å². The molecule has 1 fully saturated rings. The average molecular weight is 311 g/mol. The molecule has 1 aliphatic carbocycles. The predicted molar refractivity (Wildman–Crippen MR) is 72.8 cm³/mol. The van der Waals surface area contributed by atoms with Crippen molar-refractivity contribution in [3.05, 3.63) is 0 Å². The van der Waals surface area contributed by atoms with Gasteiger partial charge < -0.3 is 0 Å². The lowest BCUT2D eigenvalue weighted by Crippen LogP contribution is -2.22. The van der Waals surface area contributed by atoms with Crippen LogP contribution in [0.15, 0.2) is 0 Å². The van der Waals surface area contributed by atoms with E-state index in [4.69, 9.17) is 0 Å². The fourth-order valence-corrected chi connectivity index (χ4v) is 4.17. The molecule has 0 aromatic carbocycles. The van der Waals surface area contributed by atoms with Crippen molar-refractivity contribution < 1.29 is 8.42 Å². The molecule has 2 atom stereocenters. The van der Waals surface area contributed by atoms with Crippen LogP contribution in [0.2, 0.25) is 0 Å². The van der Waals surface area contributed by atoms with E-state index in [1.165, 1.54) is 32.1 Å². The van der Waals surface area contributed by atoms with Gasteiger partial charge in [0.25, 0.3) is 0 Å². The van der Waals surface area contributed by atoms with Gasteiger partial charge in [0.05, 0.1) is 11.0 Å². The molecule has 0 radical (unpaired) electrons. The smallest absolute Gasteiger partial charge is 0.152 e. The van der Waals surface area contributed by atoms with Crippen molar-refractivity contribution in [2.24, 2.45) is 5.92 Å². The first-order chi connectivity index (χ1) is 7.43. The molecule has 16 heavy (non-hydrogen) atoms. The quantitative estimate of drug-likeness (QED) is 0.588. The van der Waals surface area contributed by atoms with Crippen LogP contribution >= 0.6 is 15.9 Å². The summed E-state index contributed by atoms with van der Waals surface area (Å²) >= 11 is 3.71. The molecule has 1 rings (SSSR count). The lowest BCUT2D eigenvalue weighted by atomic mass is 9.98. The van der Waals surface area contributed by atoms with E-state index in [-0.39, 0.29) is 5.25 Å². The molecule has 0 spiro atoms. The summed E-state index contributed by atoms with van der Waals surface area (Å²) in [7, 11) is -2.85. The first-order valence-corrected chi connectivity index (χ1v) is 8.92. The number of hydrogen-bond donors (Lipinski definition) is 0. The van der Waals surface area contributed by atoms with Gasteiger partial charge in [-0.05, 0) is 39.0 Å². The Morgan fingerprint density at radius 2 is 1.81 bits per heavy atom. The molecule has 0 N–H and O–H groups in total. The van der Waals surface area contributed by atoms with E-state index in [0.717, 1.165) is 6.42 Å². The summed E-state index contributed by atoms with van der Waals surface area (Å²) in [6.45, 7) is 3.54. The zero-order valence-electron chi connectivity index (χ0n) is 10.3. The molecular weight excluding hydrogens is 288 g/mol. The molecular formula is C12H23BrO2S.